The molecule has 0 saturated carbocycles. The maximum absolute atomic E-state index is 11.8. The maximum atomic E-state index is 11.8. The third-order valence-corrected chi connectivity index (χ3v) is 3.19. The van der Waals surface area contributed by atoms with E-state index in [1.165, 1.54) is 0 Å². The summed E-state index contributed by atoms with van der Waals surface area (Å²) in [7, 11) is 0. The van der Waals surface area contributed by atoms with Gasteiger partial charge in [0.25, 0.3) is 5.91 Å². The number of aromatic nitrogens is 4. The fourth-order valence-corrected chi connectivity index (χ4v) is 2.29. The number of amides is 1. The van der Waals surface area contributed by atoms with Crippen LogP contribution in [-0.2, 0) is 6.54 Å². The van der Waals surface area contributed by atoms with Crippen LogP contribution in [0.1, 0.15) is 23.1 Å². The predicted molar refractivity (Wildman–Crippen MR) is 69.9 cm³/mol. The van der Waals surface area contributed by atoms with Crippen molar-refractivity contribution in [1.82, 2.24) is 24.8 Å². The Bertz CT molecular complexity index is 666. The molecule has 0 aromatic carbocycles. The van der Waals surface area contributed by atoms with E-state index in [2.05, 4.69) is 20.3 Å². The molecule has 0 bridgehead atoms. The molecule has 1 atom stereocenters. The van der Waals surface area contributed by atoms with E-state index in [0.717, 1.165) is 5.56 Å². The first-order chi connectivity index (χ1) is 9.04. The molecule has 3 heterocycles. The molecule has 6 nitrogen and oxygen atoms in total. The standard InChI is InChI=1S/C12H12ClN5O/c1-6-3-14-12(13)17-9(6)8-5-18-4-7(2)15-11(19)10(18)16-8/h3,5,7H,4H2,1-2H3,(H,15,19)/t7-/m0/s1. The van der Waals surface area contributed by atoms with Crippen molar-refractivity contribution in [3.05, 3.63) is 29.1 Å². The molecule has 19 heavy (non-hydrogen) atoms. The van der Waals surface area contributed by atoms with Gasteiger partial charge in [0.05, 0.1) is 5.69 Å². The maximum Gasteiger partial charge on any atom is 0.287 e. The van der Waals surface area contributed by atoms with E-state index in [9.17, 15) is 4.79 Å². The number of rotatable bonds is 1. The zero-order valence-corrected chi connectivity index (χ0v) is 11.3. The lowest BCUT2D eigenvalue weighted by Gasteiger charge is -2.20. The van der Waals surface area contributed by atoms with Crippen molar-refractivity contribution in [3.63, 3.8) is 0 Å². The van der Waals surface area contributed by atoms with E-state index in [4.69, 9.17) is 11.6 Å². The van der Waals surface area contributed by atoms with Crippen LogP contribution in [0.4, 0.5) is 0 Å². The Kier molecular flexibility index (Phi) is 2.74. The predicted octanol–water partition coefficient (Wildman–Crippen LogP) is 1.43. The Hall–Kier alpha value is -1.95. The summed E-state index contributed by atoms with van der Waals surface area (Å²) in [5.74, 6) is 0.241. The molecule has 0 fully saturated rings. The van der Waals surface area contributed by atoms with E-state index in [1.54, 1.807) is 6.20 Å². The molecule has 2 aromatic rings. The van der Waals surface area contributed by atoms with Gasteiger partial charge in [-0.25, -0.2) is 15.0 Å². The monoisotopic (exact) mass is 277 g/mol. The number of nitrogens with one attached hydrogen (secondary N) is 1. The average molecular weight is 278 g/mol. The highest BCUT2D eigenvalue weighted by molar-refractivity contribution is 6.28. The van der Waals surface area contributed by atoms with Crippen LogP contribution in [0.3, 0.4) is 0 Å². The number of hydrogen-bond acceptors (Lipinski definition) is 4. The molecular weight excluding hydrogens is 266 g/mol. The lowest BCUT2D eigenvalue weighted by Crippen LogP contribution is -2.42. The zero-order valence-electron chi connectivity index (χ0n) is 10.5. The summed E-state index contributed by atoms with van der Waals surface area (Å²) >= 11 is 5.81. The summed E-state index contributed by atoms with van der Waals surface area (Å²) in [6, 6.07) is 0.0946. The quantitative estimate of drug-likeness (QED) is 0.801. The van der Waals surface area contributed by atoms with E-state index >= 15 is 0 Å². The highest BCUT2D eigenvalue weighted by atomic mass is 35.5. The molecule has 1 aliphatic rings. The molecule has 0 aliphatic carbocycles. The van der Waals surface area contributed by atoms with Gasteiger partial charge in [-0.3, -0.25) is 4.79 Å². The summed E-state index contributed by atoms with van der Waals surface area (Å²) in [5.41, 5.74) is 2.16. The summed E-state index contributed by atoms with van der Waals surface area (Å²) in [6.07, 6.45) is 3.47. The van der Waals surface area contributed by atoms with Crippen molar-refractivity contribution in [1.29, 1.82) is 0 Å². The van der Waals surface area contributed by atoms with Crippen LogP contribution >= 0.6 is 11.6 Å². The van der Waals surface area contributed by atoms with Crippen molar-refractivity contribution < 1.29 is 4.79 Å². The number of carbonyl (C=O) groups excluding carboxylic acids is 1. The molecule has 0 radical (unpaired) electrons. The third kappa shape index (κ3) is 2.08. The molecule has 7 heteroatoms. The lowest BCUT2D eigenvalue weighted by molar-refractivity contribution is 0.0900. The first-order valence-electron chi connectivity index (χ1n) is 5.92. The van der Waals surface area contributed by atoms with Crippen LogP contribution in [0.25, 0.3) is 11.4 Å². The molecule has 98 valence electrons. The molecule has 0 saturated heterocycles. The largest absolute Gasteiger partial charge is 0.345 e. The van der Waals surface area contributed by atoms with Crippen LogP contribution in [-0.4, -0.2) is 31.5 Å². The van der Waals surface area contributed by atoms with Crippen LogP contribution in [0.5, 0.6) is 0 Å². The summed E-state index contributed by atoms with van der Waals surface area (Å²) < 4.78 is 1.84. The van der Waals surface area contributed by atoms with Gasteiger partial charge in [0.1, 0.15) is 5.69 Å². The third-order valence-electron chi connectivity index (χ3n) is 3.01. The normalized spacial score (nSPS) is 18.1. The highest BCUT2D eigenvalue weighted by Gasteiger charge is 2.24. The molecule has 0 spiro atoms. The van der Waals surface area contributed by atoms with Gasteiger partial charge in [-0.05, 0) is 31.0 Å². The van der Waals surface area contributed by atoms with E-state index in [0.29, 0.717) is 23.8 Å². The first kappa shape index (κ1) is 12.1. The van der Waals surface area contributed by atoms with Crippen LogP contribution in [0.2, 0.25) is 5.28 Å². The zero-order chi connectivity index (χ0) is 13.6. The van der Waals surface area contributed by atoms with Gasteiger partial charge in [-0.1, -0.05) is 0 Å². The van der Waals surface area contributed by atoms with Gasteiger partial charge in [0, 0.05) is 25.0 Å². The van der Waals surface area contributed by atoms with Crippen molar-refractivity contribution in [2.75, 3.05) is 0 Å². The smallest absolute Gasteiger partial charge is 0.287 e. The minimum atomic E-state index is -0.164. The number of halogens is 1. The number of aryl methyl sites for hydroxylation is 1. The highest BCUT2D eigenvalue weighted by Crippen LogP contribution is 2.22. The SMILES string of the molecule is Cc1cnc(Cl)nc1-c1cn2c(n1)C(=O)N[C@@H](C)C2. The molecule has 1 amide bonds. The van der Waals surface area contributed by atoms with Crippen molar-refractivity contribution in [2.45, 2.75) is 26.4 Å². The summed E-state index contributed by atoms with van der Waals surface area (Å²) in [4.78, 5) is 24.3. The van der Waals surface area contributed by atoms with Gasteiger partial charge in [0.15, 0.2) is 5.82 Å². The Labute approximate surface area is 114 Å². The number of imidazole rings is 1. The summed E-state index contributed by atoms with van der Waals surface area (Å²) in [6.45, 7) is 4.53. The second kappa shape index (κ2) is 4.31. The second-order valence-electron chi connectivity index (χ2n) is 4.65. The van der Waals surface area contributed by atoms with Crippen LogP contribution in [0, 0.1) is 6.92 Å². The number of carbonyl (C=O) groups is 1. The summed E-state index contributed by atoms with van der Waals surface area (Å²) in [5, 5.41) is 3.02. The fourth-order valence-electron chi connectivity index (χ4n) is 2.16. The van der Waals surface area contributed by atoms with Crippen molar-refractivity contribution in [2.24, 2.45) is 0 Å². The molecule has 2 aromatic heterocycles. The Morgan fingerprint density at radius 3 is 3.05 bits per heavy atom. The van der Waals surface area contributed by atoms with Gasteiger partial charge in [0.2, 0.25) is 5.28 Å². The van der Waals surface area contributed by atoms with Crippen LogP contribution < -0.4 is 5.32 Å². The van der Waals surface area contributed by atoms with E-state index in [-0.39, 0.29) is 17.2 Å². The number of nitrogens with zero attached hydrogens (tertiary/aromatic N) is 4. The van der Waals surface area contributed by atoms with Gasteiger partial charge < -0.3 is 9.88 Å². The molecule has 1 aliphatic heterocycles. The number of fused-ring (bicyclic) bond motifs is 1. The van der Waals surface area contributed by atoms with Gasteiger partial charge in [-0.15, -0.1) is 0 Å². The lowest BCUT2D eigenvalue weighted by atomic mass is 10.2. The van der Waals surface area contributed by atoms with Crippen molar-refractivity contribution >= 4 is 17.5 Å². The van der Waals surface area contributed by atoms with Crippen molar-refractivity contribution in [3.8, 4) is 11.4 Å². The number of hydrogen-bond donors (Lipinski definition) is 1. The Morgan fingerprint density at radius 2 is 2.26 bits per heavy atom. The molecule has 1 N–H and O–H groups in total. The van der Waals surface area contributed by atoms with E-state index < -0.39 is 0 Å². The Morgan fingerprint density at radius 1 is 1.47 bits per heavy atom. The van der Waals surface area contributed by atoms with Gasteiger partial charge >= 0.3 is 0 Å². The second-order valence-corrected chi connectivity index (χ2v) is 4.99. The average Bonchev–Trinajstić information content (AvgIpc) is 2.76. The van der Waals surface area contributed by atoms with Crippen LogP contribution in [0.15, 0.2) is 12.4 Å². The Balaban J connectivity index is 2.10. The molecule has 3 rings (SSSR count). The molecule has 0 unspecified atom stereocenters. The fraction of sp³-hybridized carbons (Fsp3) is 0.333. The minimum Gasteiger partial charge on any atom is -0.345 e. The van der Waals surface area contributed by atoms with Gasteiger partial charge in [-0.2, -0.15) is 0 Å². The minimum absolute atomic E-state index is 0.0946. The first-order valence-corrected chi connectivity index (χ1v) is 6.30. The van der Waals surface area contributed by atoms with E-state index in [1.807, 2.05) is 24.6 Å². The molecular formula is C12H12ClN5O. The topological polar surface area (TPSA) is 72.7 Å².